The molecule has 0 spiro atoms. The Hall–Kier alpha value is -9.56. The molecule has 486 valence electrons. The van der Waals surface area contributed by atoms with Crippen molar-refractivity contribution in [3.8, 4) is 11.3 Å². The van der Waals surface area contributed by atoms with Gasteiger partial charge < -0.3 is 0 Å². The molecule has 0 aliphatic carbocycles. The van der Waals surface area contributed by atoms with Crippen molar-refractivity contribution in [3.63, 3.8) is 0 Å². The molecule has 0 fully saturated rings. The van der Waals surface area contributed by atoms with Gasteiger partial charge >= 0.3 is 49.4 Å². The maximum Gasteiger partial charge on any atom is 0.416 e. The van der Waals surface area contributed by atoms with Crippen molar-refractivity contribution in [1.82, 2.24) is 0 Å². The molecule has 10 aromatic carbocycles. The molecule has 0 unspecified atom stereocenters. The average molecular weight is 1340 g/mol. The van der Waals surface area contributed by atoms with Gasteiger partial charge in [-0.25, -0.2) is 0 Å². The van der Waals surface area contributed by atoms with Gasteiger partial charge in [-0.15, -0.1) is 0 Å². The largest absolute Gasteiger partial charge is 0.416 e. The molecule has 2 nitrogen and oxygen atoms in total. The molecule has 94 heavy (non-hydrogen) atoms. The highest BCUT2D eigenvalue weighted by molar-refractivity contribution is 7.20. The summed E-state index contributed by atoms with van der Waals surface area (Å²) in [5.74, 6) is 0.0956. The summed E-state index contributed by atoms with van der Waals surface area (Å²) in [6, 6.07) is 37.3. The van der Waals surface area contributed by atoms with Crippen molar-refractivity contribution >= 4 is 77.0 Å². The zero-order chi connectivity index (χ0) is 68.7. The van der Waals surface area contributed by atoms with Crippen LogP contribution >= 0.6 is 0 Å². The van der Waals surface area contributed by atoms with Crippen molar-refractivity contribution in [3.05, 3.63) is 256 Å². The van der Waals surface area contributed by atoms with E-state index >= 15 is 0 Å². The zero-order valence-electron chi connectivity index (χ0n) is 46.8. The van der Waals surface area contributed by atoms with Crippen LogP contribution in [-0.2, 0) is 56.0 Å². The fraction of sp³-hybridized carbons (Fsp3) is 0.134. The molecule has 27 heteroatoms. The highest BCUT2D eigenvalue weighted by Gasteiger charge is 2.47. The Morgan fingerprint density at radius 2 is 0.596 bits per heavy atom. The highest BCUT2D eigenvalue weighted by Crippen LogP contribution is 2.43. The number of alkyl halides is 24. The third kappa shape index (κ3) is 13.6. The van der Waals surface area contributed by atoms with Crippen molar-refractivity contribution in [2.24, 2.45) is 0 Å². The van der Waals surface area contributed by atoms with Gasteiger partial charge in [-0.2, -0.15) is 132 Å². The summed E-state index contributed by atoms with van der Waals surface area (Å²) in [4.78, 5) is 13.5. The van der Waals surface area contributed by atoms with Crippen LogP contribution in [-0.4, -0.2) is 11.9 Å². The van der Waals surface area contributed by atoms with E-state index in [0.29, 0.717) is 0 Å². The monoisotopic (exact) mass is 1340 g/mol. The molecule has 0 amide bonds. The third-order valence-electron chi connectivity index (χ3n) is 15.8. The van der Waals surface area contributed by atoms with Crippen LogP contribution in [0, 0.1) is 0 Å². The number of carbonyl (C=O) groups is 1. The quantitative estimate of drug-likeness (QED) is 0.0488. The summed E-state index contributed by atoms with van der Waals surface area (Å²) < 4.78 is 343. The number of halogens is 24. The number of rotatable bonds is 8. The van der Waals surface area contributed by atoms with E-state index in [0.717, 1.165) is 27.7 Å². The van der Waals surface area contributed by atoms with E-state index in [1.54, 1.807) is 0 Å². The average Bonchev–Trinajstić information content (AvgIpc) is 0.714. The summed E-state index contributed by atoms with van der Waals surface area (Å²) >= 11 is 0. The summed E-state index contributed by atoms with van der Waals surface area (Å²) in [6.45, 7) is 0.263. The Bertz CT molecular complexity index is 4280. The second kappa shape index (κ2) is 23.8. The number of aromatic nitrogens is 1. The van der Waals surface area contributed by atoms with Crippen molar-refractivity contribution in [2.75, 3.05) is 0 Å². The smallest absolute Gasteiger partial charge is 0.287 e. The fourth-order valence-corrected chi connectivity index (χ4v) is 11.6. The molecule has 0 saturated heterocycles. The number of nitrogens with zero attached hydrogens (tertiary/aromatic N) is 1. The molecule has 11 aromatic rings. The molecule has 0 bridgehead atoms. The first-order chi connectivity index (χ1) is 43.5. The van der Waals surface area contributed by atoms with Gasteiger partial charge in [0.05, 0.1) is 50.1 Å². The lowest BCUT2D eigenvalue weighted by atomic mass is 9.12. The zero-order valence-corrected chi connectivity index (χ0v) is 46.8. The molecule has 0 radical (unpaired) electrons. The van der Waals surface area contributed by atoms with Crippen molar-refractivity contribution in [1.29, 1.82) is 0 Å². The SMILES string of the molecule is FC(F)(F)c1cc([B-](c2cc(C(F)(F)F)cc(C(F)(F)F)c2)(c2cc(C(F)(F)F)cc(C(F)(F)F)c2)c2cc(C(F)(F)F)cc(C(F)(F)F)c2)cc(C(F)(F)F)c1.O=C(C[n+]1c(-c2c3ccccc3cc3cc4ccccc4cc23)ccc2ccccc21)c1ccccc1. The molecule has 1 aromatic heterocycles. The van der Waals surface area contributed by atoms with E-state index in [2.05, 4.69) is 95.6 Å². The van der Waals surface area contributed by atoms with Gasteiger partial charge in [0.2, 0.25) is 23.5 Å². The molecule has 1 heterocycles. The van der Waals surface area contributed by atoms with Gasteiger partial charge in [-0.3, -0.25) is 4.79 Å². The number of hydrogen-bond donors (Lipinski definition) is 0. The van der Waals surface area contributed by atoms with Gasteiger partial charge in [-0.1, -0.05) is 140 Å². The standard InChI is InChI=1S/C35H24NO.C32H12BF24/c37-34(25-11-2-1-3-12-25)23-36-32-17-9-7-10-24(32)18-19-33(36)35-30-16-8-6-15-28(30)21-29-20-26-13-4-5-14-27(26)22-31(29)35;34-25(35,36)13-1-14(26(37,38)39)6-21(5-13)33(22-7-15(27(40,41)42)2-16(8-22)28(43,44)45,23-9-17(29(46,47)48)3-18(10-23)30(49,50)51)24-11-19(31(52,53)54)4-20(12-24)32(55,56)57/h1-22H,23H2;1-12H/q+1;-1. The highest BCUT2D eigenvalue weighted by atomic mass is 19.4. The van der Waals surface area contributed by atoms with Crippen LogP contribution < -0.4 is 26.4 Å². The maximum absolute atomic E-state index is 14.2. The summed E-state index contributed by atoms with van der Waals surface area (Å²) in [6.07, 6.45) is -54.8. The number of carbonyl (C=O) groups excluding carboxylic acids is 1. The van der Waals surface area contributed by atoms with Crippen LogP contribution in [0.4, 0.5) is 105 Å². The molecule has 0 saturated carbocycles. The lowest BCUT2D eigenvalue weighted by Crippen LogP contribution is -2.75. The normalized spacial score (nSPS) is 13.2. The van der Waals surface area contributed by atoms with Crippen molar-refractivity contribution < 1.29 is 115 Å². The molecule has 0 aliphatic rings. The van der Waals surface area contributed by atoms with E-state index < -0.39 is 195 Å². The minimum absolute atomic E-state index is 0.0956. The number of benzene rings is 10. The van der Waals surface area contributed by atoms with Crippen LogP contribution in [0.3, 0.4) is 0 Å². The number of Topliss-reactive ketones (excluding diaryl/α,β-unsaturated/α-hetero) is 1. The van der Waals surface area contributed by atoms with Gasteiger partial charge in [0.1, 0.15) is 6.15 Å². The van der Waals surface area contributed by atoms with Crippen LogP contribution in [0.25, 0.3) is 54.5 Å². The first-order valence-electron chi connectivity index (χ1n) is 27.2. The maximum atomic E-state index is 14.2. The number of pyridine rings is 1. The van der Waals surface area contributed by atoms with E-state index in [9.17, 15) is 110 Å². The van der Waals surface area contributed by atoms with Crippen LogP contribution in [0.2, 0.25) is 0 Å². The van der Waals surface area contributed by atoms with Gasteiger partial charge in [0.25, 0.3) is 0 Å². The molecular formula is C67H36BF24NO. The summed E-state index contributed by atoms with van der Waals surface area (Å²) in [5, 5.41) is 8.30. The van der Waals surface area contributed by atoms with Gasteiger partial charge in [-0.05, 0) is 86.9 Å². The Labute approximate surface area is 513 Å². The molecule has 11 rings (SSSR count). The number of ketones is 1. The lowest BCUT2D eigenvalue weighted by Gasteiger charge is -2.46. The van der Waals surface area contributed by atoms with Crippen LogP contribution in [0.1, 0.15) is 54.9 Å². The molecule has 0 atom stereocenters. The van der Waals surface area contributed by atoms with Gasteiger partial charge in [0.15, 0.2) is 0 Å². The number of para-hydroxylation sites is 1. The second-order valence-corrected chi connectivity index (χ2v) is 21.8. The minimum atomic E-state index is -6.13. The number of fused-ring (bicyclic) bond motifs is 4. The first kappa shape index (κ1) is 67.3. The Morgan fingerprint density at radius 1 is 0.287 bits per heavy atom. The van der Waals surface area contributed by atoms with Crippen molar-refractivity contribution in [2.45, 2.75) is 56.0 Å². The van der Waals surface area contributed by atoms with E-state index in [4.69, 9.17) is 0 Å². The topological polar surface area (TPSA) is 20.9 Å². The summed E-state index contributed by atoms with van der Waals surface area (Å²) in [5.41, 5.74) is -26.2. The lowest BCUT2D eigenvalue weighted by molar-refractivity contribution is -0.645. The Kier molecular flexibility index (Phi) is 17.0. The molecule has 0 aliphatic heterocycles. The second-order valence-electron chi connectivity index (χ2n) is 21.8. The molecular weight excluding hydrogens is 1300 g/mol. The predicted octanol–water partition coefficient (Wildman–Crippen LogP) is 19.4. The van der Waals surface area contributed by atoms with E-state index in [1.165, 1.54) is 32.3 Å². The van der Waals surface area contributed by atoms with E-state index in [1.807, 2.05) is 42.5 Å². The molecule has 0 N–H and O–H groups in total. The van der Waals surface area contributed by atoms with Crippen LogP contribution in [0.5, 0.6) is 0 Å². The Morgan fingerprint density at radius 3 is 0.968 bits per heavy atom. The third-order valence-corrected chi connectivity index (χ3v) is 15.8. The number of hydrogen-bond acceptors (Lipinski definition) is 1. The first-order valence-corrected chi connectivity index (χ1v) is 27.2. The van der Waals surface area contributed by atoms with Gasteiger partial charge in [0, 0.05) is 23.1 Å². The fourth-order valence-electron chi connectivity index (χ4n) is 11.6. The minimum Gasteiger partial charge on any atom is -0.287 e. The van der Waals surface area contributed by atoms with Crippen LogP contribution in [0.15, 0.2) is 206 Å². The Balaban J connectivity index is 0.000000222. The summed E-state index contributed by atoms with van der Waals surface area (Å²) in [7, 11) is 0. The van der Waals surface area contributed by atoms with E-state index in [-0.39, 0.29) is 12.3 Å². The predicted molar refractivity (Wildman–Crippen MR) is 303 cm³/mol.